The van der Waals surface area contributed by atoms with Crippen molar-refractivity contribution in [3.8, 4) is 11.5 Å². The molecule has 1 aliphatic heterocycles. The Bertz CT molecular complexity index is 1090. The molecular formula is C23H29ClN2O6S. The lowest BCUT2D eigenvalue weighted by Crippen LogP contribution is -2.40. The number of halogens is 1. The molecule has 1 fully saturated rings. The van der Waals surface area contributed by atoms with Gasteiger partial charge in [0, 0.05) is 18.7 Å². The zero-order valence-corrected chi connectivity index (χ0v) is 20.5. The van der Waals surface area contributed by atoms with Crippen LogP contribution in [-0.4, -0.2) is 58.1 Å². The number of rotatable bonds is 9. The standard InChI is InChI=1S/C23H29ClN2O6S/c1-4-31-20-9-7-17(14-21(20)32-5-2)16(3)25-23(27)18-6-8-19(24)22(15-18)33(28,29)26-10-12-30-13-11-26/h6-9,14-16H,4-5,10-13H2,1-3H3,(H,25,27). The number of carbonyl (C=O) groups excluding carboxylic acids is 1. The van der Waals surface area contributed by atoms with Crippen molar-refractivity contribution in [2.75, 3.05) is 39.5 Å². The molecule has 2 aromatic carbocycles. The highest BCUT2D eigenvalue weighted by atomic mass is 35.5. The highest BCUT2D eigenvalue weighted by Crippen LogP contribution is 2.31. The van der Waals surface area contributed by atoms with Crippen LogP contribution in [0, 0.1) is 0 Å². The van der Waals surface area contributed by atoms with Crippen LogP contribution in [0.4, 0.5) is 0 Å². The molecule has 180 valence electrons. The molecule has 10 heteroatoms. The smallest absolute Gasteiger partial charge is 0.251 e. The van der Waals surface area contributed by atoms with E-state index in [0.29, 0.717) is 37.9 Å². The van der Waals surface area contributed by atoms with Crippen LogP contribution in [0.2, 0.25) is 5.02 Å². The van der Waals surface area contributed by atoms with Crippen LogP contribution in [-0.2, 0) is 14.8 Å². The van der Waals surface area contributed by atoms with Gasteiger partial charge in [-0.2, -0.15) is 4.31 Å². The fourth-order valence-electron chi connectivity index (χ4n) is 3.47. The van der Waals surface area contributed by atoms with Gasteiger partial charge in [0.05, 0.1) is 37.5 Å². The summed E-state index contributed by atoms with van der Waals surface area (Å²) in [5.74, 6) is 0.824. The number of amides is 1. The number of benzene rings is 2. The minimum absolute atomic E-state index is 0.0685. The molecule has 1 N–H and O–H groups in total. The van der Waals surface area contributed by atoms with Gasteiger partial charge in [-0.3, -0.25) is 4.79 Å². The first-order chi connectivity index (χ1) is 15.8. The van der Waals surface area contributed by atoms with E-state index in [2.05, 4.69) is 5.32 Å². The minimum atomic E-state index is -3.84. The molecule has 1 aliphatic rings. The molecule has 2 aromatic rings. The van der Waals surface area contributed by atoms with Crippen molar-refractivity contribution in [2.24, 2.45) is 0 Å². The van der Waals surface area contributed by atoms with Gasteiger partial charge in [0.1, 0.15) is 4.90 Å². The van der Waals surface area contributed by atoms with E-state index in [9.17, 15) is 13.2 Å². The number of nitrogens with zero attached hydrogens (tertiary/aromatic N) is 1. The number of ether oxygens (including phenoxy) is 3. The summed E-state index contributed by atoms with van der Waals surface area (Å²) < 4.78 is 43.9. The van der Waals surface area contributed by atoms with E-state index in [1.165, 1.54) is 22.5 Å². The van der Waals surface area contributed by atoms with E-state index < -0.39 is 15.9 Å². The largest absolute Gasteiger partial charge is 0.490 e. The lowest BCUT2D eigenvalue weighted by atomic mass is 10.1. The Labute approximate surface area is 199 Å². The average molecular weight is 497 g/mol. The van der Waals surface area contributed by atoms with Crippen molar-refractivity contribution < 1.29 is 27.4 Å². The Kier molecular flexibility index (Phi) is 8.58. The van der Waals surface area contributed by atoms with Gasteiger partial charge in [-0.1, -0.05) is 17.7 Å². The van der Waals surface area contributed by atoms with Gasteiger partial charge < -0.3 is 19.5 Å². The summed E-state index contributed by atoms with van der Waals surface area (Å²) in [6.45, 7) is 7.74. The van der Waals surface area contributed by atoms with Crippen molar-refractivity contribution in [1.29, 1.82) is 0 Å². The zero-order chi connectivity index (χ0) is 24.0. The quantitative estimate of drug-likeness (QED) is 0.569. The fourth-order valence-corrected chi connectivity index (χ4v) is 5.38. The molecule has 0 radical (unpaired) electrons. The third-order valence-electron chi connectivity index (χ3n) is 5.20. The first kappa shape index (κ1) is 25.3. The van der Waals surface area contributed by atoms with Crippen LogP contribution in [0.3, 0.4) is 0 Å². The van der Waals surface area contributed by atoms with E-state index >= 15 is 0 Å². The van der Waals surface area contributed by atoms with Crippen molar-refractivity contribution >= 4 is 27.5 Å². The summed E-state index contributed by atoms with van der Waals surface area (Å²) in [5.41, 5.74) is 1.03. The molecule has 1 amide bonds. The first-order valence-electron chi connectivity index (χ1n) is 10.9. The van der Waals surface area contributed by atoms with Crippen LogP contribution in [0.1, 0.15) is 42.7 Å². The minimum Gasteiger partial charge on any atom is -0.490 e. The molecular weight excluding hydrogens is 468 g/mol. The van der Waals surface area contributed by atoms with E-state index in [4.69, 9.17) is 25.8 Å². The molecule has 1 unspecified atom stereocenters. The Morgan fingerprint density at radius 2 is 1.76 bits per heavy atom. The lowest BCUT2D eigenvalue weighted by Gasteiger charge is -2.26. The monoisotopic (exact) mass is 496 g/mol. The summed E-state index contributed by atoms with van der Waals surface area (Å²) in [4.78, 5) is 12.8. The maximum atomic E-state index is 13.0. The molecule has 0 aliphatic carbocycles. The summed E-state index contributed by atoms with van der Waals surface area (Å²) in [5, 5.41) is 2.97. The average Bonchev–Trinajstić information content (AvgIpc) is 2.81. The van der Waals surface area contributed by atoms with E-state index in [0.717, 1.165) is 5.56 Å². The van der Waals surface area contributed by atoms with Crippen LogP contribution in [0.25, 0.3) is 0 Å². The molecule has 0 spiro atoms. The third kappa shape index (κ3) is 5.97. The van der Waals surface area contributed by atoms with Gasteiger partial charge in [0.2, 0.25) is 10.0 Å². The first-order valence-corrected chi connectivity index (χ1v) is 12.7. The van der Waals surface area contributed by atoms with Gasteiger partial charge in [-0.25, -0.2) is 8.42 Å². The van der Waals surface area contributed by atoms with Crippen LogP contribution < -0.4 is 14.8 Å². The maximum absolute atomic E-state index is 13.0. The number of nitrogens with one attached hydrogen (secondary N) is 1. The molecule has 1 heterocycles. The Balaban J connectivity index is 1.80. The number of hydrogen-bond acceptors (Lipinski definition) is 6. The molecule has 1 saturated heterocycles. The second kappa shape index (κ2) is 11.2. The maximum Gasteiger partial charge on any atom is 0.251 e. The number of morpholine rings is 1. The van der Waals surface area contributed by atoms with Crippen LogP contribution in [0.5, 0.6) is 11.5 Å². The van der Waals surface area contributed by atoms with Crippen molar-refractivity contribution in [3.63, 3.8) is 0 Å². The summed E-state index contributed by atoms with van der Waals surface area (Å²) in [6.07, 6.45) is 0. The second-order valence-corrected chi connectivity index (χ2v) is 9.74. The second-order valence-electron chi connectivity index (χ2n) is 7.43. The number of hydrogen-bond donors (Lipinski definition) is 1. The number of carbonyl (C=O) groups is 1. The lowest BCUT2D eigenvalue weighted by molar-refractivity contribution is 0.0730. The SMILES string of the molecule is CCOc1ccc(C(C)NC(=O)c2ccc(Cl)c(S(=O)(=O)N3CCOCC3)c2)cc1OCC. The predicted octanol–water partition coefficient (Wildman–Crippen LogP) is 3.65. The van der Waals surface area contributed by atoms with Gasteiger partial charge >= 0.3 is 0 Å². The topological polar surface area (TPSA) is 94.2 Å². The Morgan fingerprint density at radius 1 is 1.09 bits per heavy atom. The van der Waals surface area contributed by atoms with E-state index in [-0.39, 0.29) is 34.6 Å². The normalized spacial score (nSPS) is 15.6. The van der Waals surface area contributed by atoms with Gasteiger partial charge in [-0.15, -0.1) is 0 Å². The highest BCUT2D eigenvalue weighted by molar-refractivity contribution is 7.89. The Hall–Kier alpha value is -2.33. The van der Waals surface area contributed by atoms with Gasteiger partial charge in [0.25, 0.3) is 5.91 Å². The molecule has 3 rings (SSSR count). The molecule has 8 nitrogen and oxygen atoms in total. The summed E-state index contributed by atoms with van der Waals surface area (Å²) in [7, 11) is -3.84. The molecule has 1 atom stereocenters. The number of sulfonamides is 1. The summed E-state index contributed by atoms with van der Waals surface area (Å²) in [6, 6.07) is 9.39. The van der Waals surface area contributed by atoms with Crippen LogP contribution >= 0.6 is 11.6 Å². The highest BCUT2D eigenvalue weighted by Gasteiger charge is 2.29. The molecule has 0 bridgehead atoms. The molecule has 33 heavy (non-hydrogen) atoms. The van der Waals surface area contributed by atoms with E-state index in [1.54, 1.807) is 0 Å². The predicted molar refractivity (Wildman–Crippen MR) is 126 cm³/mol. The fraction of sp³-hybridized carbons (Fsp3) is 0.435. The Morgan fingerprint density at radius 3 is 2.42 bits per heavy atom. The van der Waals surface area contributed by atoms with Crippen LogP contribution in [0.15, 0.2) is 41.3 Å². The van der Waals surface area contributed by atoms with Crippen molar-refractivity contribution in [3.05, 3.63) is 52.5 Å². The zero-order valence-electron chi connectivity index (χ0n) is 19.0. The summed E-state index contributed by atoms with van der Waals surface area (Å²) >= 11 is 6.20. The van der Waals surface area contributed by atoms with Crippen molar-refractivity contribution in [2.45, 2.75) is 31.7 Å². The van der Waals surface area contributed by atoms with Gasteiger partial charge in [-0.05, 0) is 56.7 Å². The van der Waals surface area contributed by atoms with Gasteiger partial charge in [0.15, 0.2) is 11.5 Å². The molecule has 0 saturated carbocycles. The third-order valence-corrected chi connectivity index (χ3v) is 7.58. The molecule has 0 aromatic heterocycles. The van der Waals surface area contributed by atoms with E-state index in [1.807, 2.05) is 39.0 Å². The van der Waals surface area contributed by atoms with Crippen molar-refractivity contribution in [1.82, 2.24) is 9.62 Å².